The van der Waals surface area contributed by atoms with Crippen LogP contribution >= 0.6 is 0 Å². The van der Waals surface area contributed by atoms with Gasteiger partial charge in [0.1, 0.15) is 0 Å². The standard InChI is InChI=1S/C8H6O6/c1-2-3-4(7(11)13-5(2)9)8(12)14-6(3)10/h2-4H,1H3. The molecule has 2 aliphatic heterocycles. The number of carbonyl (C=O) groups excluding carboxylic acids is 4. The molecule has 0 aromatic rings. The molecule has 2 rings (SSSR count). The van der Waals surface area contributed by atoms with Gasteiger partial charge in [-0.25, -0.2) is 0 Å². The number of cyclic esters (lactones) is 4. The van der Waals surface area contributed by atoms with E-state index in [0.29, 0.717) is 0 Å². The van der Waals surface area contributed by atoms with E-state index in [0.717, 1.165) is 0 Å². The molecule has 0 aromatic carbocycles. The second-order valence-corrected chi connectivity index (χ2v) is 3.27. The molecule has 2 heterocycles. The highest BCUT2D eigenvalue weighted by Gasteiger charge is 2.57. The average Bonchev–Trinajstić information content (AvgIpc) is 2.38. The zero-order valence-corrected chi connectivity index (χ0v) is 7.18. The number of esters is 4. The summed E-state index contributed by atoms with van der Waals surface area (Å²) < 4.78 is 8.57. The van der Waals surface area contributed by atoms with Gasteiger partial charge in [0.25, 0.3) is 0 Å². The van der Waals surface area contributed by atoms with Crippen LogP contribution < -0.4 is 0 Å². The van der Waals surface area contributed by atoms with E-state index in [1.807, 2.05) is 0 Å². The van der Waals surface area contributed by atoms with Crippen molar-refractivity contribution in [1.82, 2.24) is 0 Å². The van der Waals surface area contributed by atoms with Crippen LogP contribution in [0.25, 0.3) is 0 Å². The second kappa shape index (κ2) is 2.63. The lowest BCUT2D eigenvalue weighted by Gasteiger charge is -2.22. The smallest absolute Gasteiger partial charge is 0.328 e. The first kappa shape index (κ1) is 8.86. The Bertz CT molecular complexity index is 357. The molecule has 0 aromatic heterocycles. The maximum atomic E-state index is 11.1. The fourth-order valence-electron chi connectivity index (χ4n) is 1.65. The van der Waals surface area contributed by atoms with Gasteiger partial charge in [-0.05, 0) is 0 Å². The van der Waals surface area contributed by atoms with E-state index in [1.165, 1.54) is 6.92 Å². The van der Waals surface area contributed by atoms with E-state index in [9.17, 15) is 19.2 Å². The lowest BCUT2D eigenvalue weighted by Crippen LogP contribution is -2.43. The Morgan fingerprint density at radius 2 is 1.36 bits per heavy atom. The number of hydrogen-bond acceptors (Lipinski definition) is 6. The molecule has 74 valence electrons. The van der Waals surface area contributed by atoms with E-state index in [1.54, 1.807) is 0 Å². The second-order valence-electron chi connectivity index (χ2n) is 3.27. The summed E-state index contributed by atoms with van der Waals surface area (Å²) in [5.41, 5.74) is 0. The number of fused-ring (bicyclic) bond motifs is 1. The van der Waals surface area contributed by atoms with E-state index >= 15 is 0 Å². The zero-order valence-electron chi connectivity index (χ0n) is 7.18. The van der Waals surface area contributed by atoms with Gasteiger partial charge in [-0.3, -0.25) is 19.2 Å². The SMILES string of the molecule is CC1C(=O)OC(=O)C2C(=O)OC(=O)C12. The fourth-order valence-corrected chi connectivity index (χ4v) is 1.65. The first-order valence-electron chi connectivity index (χ1n) is 4.03. The first-order chi connectivity index (χ1) is 6.52. The van der Waals surface area contributed by atoms with Crippen molar-refractivity contribution in [2.75, 3.05) is 0 Å². The molecule has 0 bridgehead atoms. The van der Waals surface area contributed by atoms with Crippen molar-refractivity contribution in [1.29, 1.82) is 0 Å². The monoisotopic (exact) mass is 198 g/mol. The van der Waals surface area contributed by atoms with Crippen LogP contribution in [0.3, 0.4) is 0 Å². The fraction of sp³-hybridized carbons (Fsp3) is 0.500. The third-order valence-corrected chi connectivity index (χ3v) is 2.45. The molecular formula is C8H6O6. The Morgan fingerprint density at radius 3 is 1.93 bits per heavy atom. The summed E-state index contributed by atoms with van der Waals surface area (Å²) in [4.78, 5) is 44.3. The predicted molar refractivity (Wildman–Crippen MR) is 38.3 cm³/mol. The van der Waals surface area contributed by atoms with Crippen LogP contribution in [0.4, 0.5) is 0 Å². The summed E-state index contributed by atoms with van der Waals surface area (Å²) >= 11 is 0. The number of carbonyl (C=O) groups is 4. The summed E-state index contributed by atoms with van der Waals surface area (Å²) in [5, 5.41) is 0. The minimum absolute atomic E-state index is 0.789. The molecule has 2 aliphatic rings. The summed E-state index contributed by atoms with van der Waals surface area (Å²) in [6.45, 7) is 1.42. The molecule has 14 heavy (non-hydrogen) atoms. The van der Waals surface area contributed by atoms with Crippen molar-refractivity contribution in [3.63, 3.8) is 0 Å². The van der Waals surface area contributed by atoms with Gasteiger partial charge in [-0.2, -0.15) is 0 Å². The highest BCUT2D eigenvalue weighted by molar-refractivity contribution is 6.12. The largest absolute Gasteiger partial charge is 0.392 e. The highest BCUT2D eigenvalue weighted by atomic mass is 16.6. The molecular weight excluding hydrogens is 192 g/mol. The number of ether oxygens (including phenoxy) is 2. The van der Waals surface area contributed by atoms with Gasteiger partial charge < -0.3 is 9.47 Å². The van der Waals surface area contributed by atoms with Crippen LogP contribution in [-0.4, -0.2) is 23.9 Å². The quantitative estimate of drug-likeness (QED) is 0.367. The van der Waals surface area contributed by atoms with Crippen LogP contribution in [-0.2, 0) is 28.7 Å². The van der Waals surface area contributed by atoms with Crippen molar-refractivity contribution < 1.29 is 28.7 Å². The minimum atomic E-state index is -1.25. The van der Waals surface area contributed by atoms with Gasteiger partial charge in [0.05, 0.1) is 11.8 Å². The predicted octanol–water partition coefficient (Wildman–Crippen LogP) is -0.978. The number of rotatable bonds is 0. The third kappa shape index (κ3) is 0.966. The zero-order chi connectivity index (χ0) is 10.5. The molecule has 3 atom stereocenters. The van der Waals surface area contributed by atoms with Gasteiger partial charge in [-0.1, -0.05) is 6.92 Å². The molecule has 2 saturated heterocycles. The van der Waals surface area contributed by atoms with E-state index in [2.05, 4.69) is 9.47 Å². The Kier molecular flexibility index (Phi) is 1.67. The molecule has 0 radical (unpaired) electrons. The van der Waals surface area contributed by atoms with Gasteiger partial charge in [0.15, 0.2) is 5.92 Å². The molecule has 0 saturated carbocycles. The van der Waals surface area contributed by atoms with E-state index < -0.39 is 41.6 Å². The van der Waals surface area contributed by atoms with Gasteiger partial charge in [-0.15, -0.1) is 0 Å². The minimum Gasteiger partial charge on any atom is -0.392 e. The summed E-state index contributed by atoms with van der Waals surface area (Å²) in [6.07, 6.45) is 0. The Morgan fingerprint density at radius 1 is 0.857 bits per heavy atom. The number of hydrogen-bond donors (Lipinski definition) is 0. The Balaban J connectivity index is 2.41. The van der Waals surface area contributed by atoms with Gasteiger partial charge >= 0.3 is 23.9 Å². The van der Waals surface area contributed by atoms with Crippen molar-refractivity contribution in [2.24, 2.45) is 17.8 Å². The average molecular weight is 198 g/mol. The maximum absolute atomic E-state index is 11.1. The molecule has 0 aliphatic carbocycles. The lowest BCUT2D eigenvalue weighted by molar-refractivity contribution is -0.176. The van der Waals surface area contributed by atoms with Crippen molar-refractivity contribution >= 4 is 23.9 Å². The first-order valence-corrected chi connectivity index (χ1v) is 4.03. The maximum Gasteiger partial charge on any atom is 0.328 e. The highest BCUT2D eigenvalue weighted by Crippen LogP contribution is 2.35. The van der Waals surface area contributed by atoms with Crippen LogP contribution in [0.2, 0.25) is 0 Å². The third-order valence-electron chi connectivity index (χ3n) is 2.45. The Hall–Kier alpha value is -1.72. The van der Waals surface area contributed by atoms with Gasteiger partial charge in [0, 0.05) is 0 Å². The molecule has 0 amide bonds. The van der Waals surface area contributed by atoms with Gasteiger partial charge in [0.2, 0.25) is 0 Å². The van der Waals surface area contributed by atoms with Crippen molar-refractivity contribution in [3.8, 4) is 0 Å². The summed E-state index contributed by atoms with van der Waals surface area (Å²) in [5.74, 6) is -6.60. The molecule has 3 unspecified atom stereocenters. The molecule has 0 spiro atoms. The molecule has 0 N–H and O–H groups in total. The topological polar surface area (TPSA) is 86.7 Å². The van der Waals surface area contributed by atoms with E-state index in [4.69, 9.17) is 0 Å². The Labute approximate surface area is 78.2 Å². The molecule has 6 nitrogen and oxygen atoms in total. The van der Waals surface area contributed by atoms with Crippen LogP contribution in [0, 0.1) is 17.8 Å². The van der Waals surface area contributed by atoms with Crippen LogP contribution in [0.15, 0.2) is 0 Å². The molecule has 6 heteroatoms. The summed E-state index contributed by atoms with van der Waals surface area (Å²) in [7, 11) is 0. The van der Waals surface area contributed by atoms with Crippen molar-refractivity contribution in [2.45, 2.75) is 6.92 Å². The lowest BCUT2D eigenvalue weighted by atomic mass is 9.82. The van der Waals surface area contributed by atoms with Crippen LogP contribution in [0.5, 0.6) is 0 Å². The normalized spacial score (nSPS) is 36.5. The summed E-state index contributed by atoms with van der Waals surface area (Å²) in [6, 6.07) is 0. The molecule has 2 fully saturated rings. The van der Waals surface area contributed by atoms with E-state index in [-0.39, 0.29) is 0 Å². The van der Waals surface area contributed by atoms with Crippen molar-refractivity contribution in [3.05, 3.63) is 0 Å². The van der Waals surface area contributed by atoms with Crippen LogP contribution in [0.1, 0.15) is 6.92 Å².